The third-order valence-corrected chi connectivity index (χ3v) is 3.75. The summed E-state index contributed by atoms with van der Waals surface area (Å²) in [5.41, 5.74) is -1.34. The van der Waals surface area contributed by atoms with E-state index in [-0.39, 0.29) is 13.0 Å². The summed E-state index contributed by atoms with van der Waals surface area (Å²) in [6, 6.07) is 0. The lowest BCUT2D eigenvalue weighted by Gasteiger charge is -2.35. The number of ether oxygens (including phenoxy) is 2. The average Bonchev–Trinajstić information content (AvgIpc) is 2.50. The molecule has 96 valence electrons. The Labute approximate surface area is 98.5 Å². The molecule has 0 aromatic carbocycles. The molecule has 1 saturated carbocycles. The van der Waals surface area contributed by atoms with Crippen molar-refractivity contribution in [2.75, 3.05) is 13.7 Å². The van der Waals surface area contributed by atoms with E-state index in [2.05, 4.69) is 4.74 Å². The van der Waals surface area contributed by atoms with Crippen LogP contribution in [0.1, 0.15) is 13.3 Å². The molecule has 2 fully saturated rings. The van der Waals surface area contributed by atoms with Crippen molar-refractivity contribution < 1.29 is 29.3 Å². The molecule has 6 heteroatoms. The minimum atomic E-state index is -1.34. The van der Waals surface area contributed by atoms with Gasteiger partial charge < -0.3 is 19.7 Å². The fourth-order valence-corrected chi connectivity index (χ4v) is 2.98. The molecule has 1 aliphatic carbocycles. The van der Waals surface area contributed by atoms with Gasteiger partial charge in [-0.2, -0.15) is 0 Å². The van der Waals surface area contributed by atoms with Gasteiger partial charge in [0.15, 0.2) is 0 Å². The molecule has 5 atom stereocenters. The van der Waals surface area contributed by atoms with Crippen molar-refractivity contribution >= 4 is 11.9 Å². The number of fused-ring (bicyclic) bond motifs is 1. The normalized spacial score (nSPS) is 45.1. The molecular formula is C11H16O6. The van der Waals surface area contributed by atoms with Crippen molar-refractivity contribution in [2.45, 2.75) is 25.0 Å². The Hall–Kier alpha value is -1.14. The first-order chi connectivity index (χ1) is 7.88. The van der Waals surface area contributed by atoms with Gasteiger partial charge in [0.1, 0.15) is 6.61 Å². The topological polar surface area (TPSA) is 93.1 Å². The summed E-state index contributed by atoms with van der Waals surface area (Å²) in [5, 5.41) is 20.0. The van der Waals surface area contributed by atoms with Gasteiger partial charge in [0.05, 0.1) is 30.7 Å². The summed E-state index contributed by atoms with van der Waals surface area (Å²) in [7, 11) is 1.24. The maximum Gasteiger partial charge on any atom is 0.312 e. The number of hydrogen-bond donors (Lipinski definition) is 2. The van der Waals surface area contributed by atoms with Crippen LogP contribution in [0.3, 0.4) is 0 Å². The first kappa shape index (κ1) is 12.3. The van der Waals surface area contributed by atoms with Crippen LogP contribution in [-0.2, 0) is 19.1 Å². The van der Waals surface area contributed by atoms with E-state index >= 15 is 0 Å². The first-order valence-corrected chi connectivity index (χ1v) is 5.53. The van der Waals surface area contributed by atoms with E-state index in [1.807, 2.05) is 0 Å². The van der Waals surface area contributed by atoms with Crippen molar-refractivity contribution in [3.8, 4) is 0 Å². The molecule has 0 aromatic rings. The van der Waals surface area contributed by atoms with Crippen LogP contribution in [0.15, 0.2) is 0 Å². The molecule has 0 unspecified atom stereocenters. The number of esters is 2. The fourth-order valence-electron chi connectivity index (χ4n) is 2.98. The smallest absolute Gasteiger partial charge is 0.312 e. The van der Waals surface area contributed by atoms with E-state index in [1.54, 1.807) is 0 Å². The molecular weight excluding hydrogens is 228 g/mol. The summed E-state index contributed by atoms with van der Waals surface area (Å²) in [4.78, 5) is 23.2. The van der Waals surface area contributed by atoms with E-state index in [0.29, 0.717) is 0 Å². The molecule has 1 aliphatic heterocycles. The number of hydrogen-bond acceptors (Lipinski definition) is 6. The standard InChI is InChI=1S/C11H16O6/c1-11(15)3-6(12)7-5(9(13)16-2)4-17-10(14)8(7)11/h5-8,12,15H,3-4H2,1-2H3/t5-,6+,7-,8-,11-/m0/s1. The molecule has 17 heavy (non-hydrogen) atoms. The Morgan fingerprint density at radius 3 is 2.82 bits per heavy atom. The highest BCUT2D eigenvalue weighted by atomic mass is 16.5. The minimum absolute atomic E-state index is 0.0604. The van der Waals surface area contributed by atoms with E-state index in [4.69, 9.17) is 4.74 Å². The molecule has 0 amide bonds. The van der Waals surface area contributed by atoms with Gasteiger partial charge in [-0.15, -0.1) is 0 Å². The maximum absolute atomic E-state index is 11.6. The van der Waals surface area contributed by atoms with Gasteiger partial charge in [-0.1, -0.05) is 0 Å². The summed E-state index contributed by atoms with van der Waals surface area (Å²) >= 11 is 0. The largest absolute Gasteiger partial charge is 0.469 e. The Morgan fingerprint density at radius 2 is 2.24 bits per heavy atom. The van der Waals surface area contributed by atoms with E-state index in [9.17, 15) is 19.8 Å². The second-order valence-electron chi connectivity index (χ2n) is 4.94. The lowest BCUT2D eigenvalue weighted by Crippen LogP contribution is -2.49. The SMILES string of the molecule is COC(=O)[C@H]1COC(=O)[C@@H]2[C@@H]1[C@H](O)C[C@]2(C)O. The Balaban J connectivity index is 2.32. The molecule has 1 heterocycles. The number of aliphatic hydroxyl groups excluding tert-OH is 1. The van der Waals surface area contributed by atoms with Crippen LogP contribution in [0.2, 0.25) is 0 Å². The number of carbonyl (C=O) groups is 2. The van der Waals surface area contributed by atoms with Gasteiger partial charge in [-0.25, -0.2) is 0 Å². The minimum Gasteiger partial charge on any atom is -0.469 e. The maximum atomic E-state index is 11.6. The lowest BCUT2D eigenvalue weighted by atomic mass is 9.77. The monoisotopic (exact) mass is 244 g/mol. The number of aliphatic hydroxyl groups is 2. The van der Waals surface area contributed by atoms with Crippen LogP contribution >= 0.6 is 0 Å². The number of rotatable bonds is 1. The van der Waals surface area contributed by atoms with Gasteiger partial charge in [-0.3, -0.25) is 9.59 Å². The second kappa shape index (κ2) is 3.96. The highest BCUT2D eigenvalue weighted by molar-refractivity contribution is 5.81. The molecule has 6 nitrogen and oxygen atoms in total. The van der Waals surface area contributed by atoms with Crippen LogP contribution in [0, 0.1) is 17.8 Å². The lowest BCUT2D eigenvalue weighted by molar-refractivity contribution is -0.178. The van der Waals surface area contributed by atoms with Crippen LogP contribution < -0.4 is 0 Å². The molecule has 2 aliphatic rings. The summed E-state index contributed by atoms with van der Waals surface area (Å²) in [5.74, 6) is -3.28. The predicted octanol–water partition coefficient (Wildman–Crippen LogP) is -0.920. The summed E-state index contributed by atoms with van der Waals surface area (Å²) in [6.45, 7) is 1.38. The van der Waals surface area contributed by atoms with Gasteiger partial charge in [0.25, 0.3) is 0 Å². The molecule has 0 bridgehead atoms. The molecule has 0 aromatic heterocycles. The Bertz CT molecular complexity index is 350. The van der Waals surface area contributed by atoms with Gasteiger partial charge >= 0.3 is 11.9 Å². The van der Waals surface area contributed by atoms with E-state index in [0.717, 1.165) is 0 Å². The fraction of sp³-hybridized carbons (Fsp3) is 0.818. The van der Waals surface area contributed by atoms with Crippen LogP contribution in [0.25, 0.3) is 0 Å². The highest BCUT2D eigenvalue weighted by Gasteiger charge is 2.60. The van der Waals surface area contributed by atoms with E-state index < -0.39 is 41.4 Å². The van der Waals surface area contributed by atoms with Crippen molar-refractivity contribution in [1.29, 1.82) is 0 Å². The van der Waals surface area contributed by atoms with Crippen molar-refractivity contribution in [1.82, 2.24) is 0 Å². The Morgan fingerprint density at radius 1 is 1.59 bits per heavy atom. The molecule has 0 radical (unpaired) electrons. The van der Waals surface area contributed by atoms with Crippen LogP contribution in [0.4, 0.5) is 0 Å². The predicted molar refractivity (Wildman–Crippen MR) is 54.7 cm³/mol. The number of methoxy groups -OCH3 is 1. The zero-order valence-electron chi connectivity index (χ0n) is 9.75. The highest BCUT2D eigenvalue weighted by Crippen LogP contribution is 2.47. The quantitative estimate of drug-likeness (QED) is 0.579. The molecule has 2 N–H and O–H groups in total. The van der Waals surface area contributed by atoms with E-state index in [1.165, 1.54) is 14.0 Å². The number of cyclic esters (lactones) is 1. The van der Waals surface area contributed by atoms with Gasteiger partial charge in [0, 0.05) is 12.3 Å². The zero-order valence-corrected chi connectivity index (χ0v) is 9.75. The van der Waals surface area contributed by atoms with Crippen molar-refractivity contribution in [3.63, 3.8) is 0 Å². The molecule has 2 rings (SSSR count). The third kappa shape index (κ3) is 1.81. The van der Waals surface area contributed by atoms with Crippen LogP contribution in [-0.4, -0.2) is 47.6 Å². The van der Waals surface area contributed by atoms with Gasteiger partial charge in [-0.05, 0) is 6.92 Å². The third-order valence-electron chi connectivity index (χ3n) is 3.75. The van der Waals surface area contributed by atoms with Crippen molar-refractivity contribution in [3.05, 3.63) is 0 Å². The van der Waals surface area contributed by atoms with Crippen LogP contribution in [0.5, 0.6) is 0 Å². The average molecular weight is 244 g/mol. The first-order valence-electron chi connectivity index (χ1n) is 5.53. The van der Waals surface area contributed by atoms with Gasteiger partial charge in [0.2, 0.25) is 0 Å². The van der Waals surface area contributed by atoms with Crippen molar-refractivity contribution in [2.24, 2.45) is 17.8 Å². The molecule has 0 spiro atoms. The summed E-state index contributed by atoms with van der Waals surface area (Å²) in [6.07, 6.45) is -0.836. The molecule has 1 saturated heterocycles. The number of carbonyl (C=O) groups excluding carboxylic acids is 2. The summed E-state index contributed by atoms with van der Waals surface area (Å²) < 4.78 is 9.53. The zero-order chi connectivity index (χ0) is 12.8. The second-order valence-corrected chi connectivity index (χ2v) is 4.94. The Kier molecular flexibility index (Phi) is 2.87.